The maximum Gasteiger partial charge on any atom is 0.260 e. The molecule has 0 unspecified atom stereocenters. The normalized spacial score (nSPS) is 14.7. The van der Waals surface area contributed by atoms with Gasteiger partial charge in [0.2, 0.25) is 0 Å². The maximum absolute atomic E-state index is 12.4. The first-order valence-corrected chi connectivity index (χ1v) is 9.93. The van der Waals surface area contributed by atoms with Crippen LogP contribution in [-0.2, 0) is 11.3 Å². The van der Waals surface area contributed by atoms with E-state index in [1.165, 1.54) is 5.56 Å². The van der Waals surface area contributed by atoms with Crippen LogP contribution in [-0.4, -0.2) is 54.3 Å². The number of carbonyl (C=O) groups is 2. The highest BCUT2D eigenvalue weighted by Crippen LogP contribution is 2.15. The van der Waals surface area contributed by atoms with E-state index in [-0.39, 0.29) is 18.3 Å². The van der Waals surface area contributed by atoms with Gasteiger partial charge in [0.05, 0.1) is 0 Å². The zero-order valence-corrected chi connectivity index (χ0v) is 16.8. The van der Waals surface area contributed by atoms with Crippen molar-refractivity contribution in [3.63, 3.8) is 0 Å². The van der Waals surface area contributed by atoms with Crippen LogP contribution in [0.1, 0.15) is 29.3 Å². The van der Waals surface area contributed by atoms with Gasteiger partial charge in [0, 0.05) is 49.7 Å². The fourth-order valence-electron chi connectivity index (χ4n) is 3.18. The van der Waals surface area contributed by atoms with Crippen molar-refractivity contribution >= 4 is 23.3 Å². The second-order valence-electron chi connectivity index (χ2n) is 6.87. The maximum atomic E-state index is 12.4. The minimum Gasteiger partial charge on any atom is -0.484 e. The molecule has 1 aliphatic heterocycles. The average molecular weight is 401 g/mol. The fourth-order valence-corrected chi connectivity index (χ4v) is 3.31. The molecule has 28 heavy (non-hydrogen) atoms. The van der Waals surface area contributed by atoms with Crippen LogP contribution < -0.4 is 4.74 Å². The van der Waals surface area contributed by atoms with E-state index in [1.807, 2.05) is 36.1 Å². The van der Waals surface area contributed by atoms with Crippen LogP contribution in [0.4, 0.5) is 0 Å². The zero-order chi connectivity index (χ0) is 19.9. The molecule has 0 radical (unpaired) electrons. The first-order valence-electron chi connectivity index (χ1n) is 9.56. The highest BCUT2D eigenvalue weighted by Gasteiger charge is 2.21. The van der Waals surface area contributed by atoms with Gasteiger partial charge < -0.3 is 9.64 Å². The van der Waals surface area contributed by atoms with Crippen LogP contribution in [0.5, 0.6) is 5.75 Å². The van der Waals surface area contributed by atoms with Gasteiger partial charge in [-0.05, 0) is 42.0 Å². The van der Waals surface area contributed by atoms with Gasteiger partial charge in [-0.1, -0.05) is 30.7 Å². The van der Waals surface area contributed by atoms with Crippen molar-refractivity contribution in [3.8, 4) is 5.75 Å². The van der Waals surface area contributed by atoms with Gasteiger partial charge in [0.1, 0.15) is 5.75 Å². The lowest BCUT2D eigenvalue weighted by Gasteiger charge is -2.34. The van der Waals surface area contributed by atoms with E-state index < -0.39 is 0 Å². The highest BCUT2D eigenvalue weighted by atomic mass is 35.5. The van der Waals surface area contributed by atoms with E-state index in [0.717, 1.165) is 24.7 Å². The number of ether oxygens (including phenoxy) is 1. The number of benzene rings is 2. The molecule has 0 bridgehead atoms. The highest BCUT2D eigenvalue weighted by molar-refractivity contribution is 6.30. The summed E-state index contributed by atoms with van der Waals surface area (Å²) in [6, 6.07) is 14.8. The molecule has 1 amide bonds. The summed E-state index contributed by atoms with van der Waals surface area (Å²) in [5.74, 6) is 0.682. The molecule has 3 rings (SSSR count). The number of rotatable bonds is 7. The summed E-state index contributed by atoms with van der Waals surface area (Å²) in [5, 5.41) is 0.741. The fraction of sp³-hybridized carbons (Fsp3) is 0.364. The van der Waals surface area contributed by atoms with E-state index in [0.29, 0.717) is 30.8 Å². The van der Waals surface area contributed by atoms with E-state index in [2.05, 4.69) is 4.90 Å². The second-order valence-corrected chi connectivity index (χ2v) is 7.31. The molecule has 2 aromatic rings. The monoisotopic (exact) mass is 400 g/mol. The molecule has 0 saturated carbocycles. The Hall–Kier alpha value is -2.37. The van der Waals surface area contributed by atoms with Crippen LogP contribution in [0, 0.1) is 0 Å². The van der Waals surface area contributed by atoms with Crippen LogP contribution in [0.2, 0.25) is 5.02 Å². The van der Waals surface area contributed by atoms with Crippen molar-refractivity contribution < 1.29 is 14.3 Å². The van der Waals surface area contributed by atoms with Crippen molar-refractivity contribution in [2.75, 3.05) is 32.8 Å². The van der Waals surface area contributed by atoms with Gasteiger partial charge in [-0.15, -0.1) is 0 Å². The Balaban J connectivity index is 1.42. The molecule has 0 atom stereocenters. The van der Waals surface area contributed by atoms with Gasteiger partial charge in [-0.2, -0.15) is 0 Å². The lowest BCUT2D eigenvalue weighted by Crippen LogP contribution is -2.49. The Morgan fingerprint density at radius 3 is 2.21 bits per heavy atom. The summed E-state index contributed by atoms with van der Waals surface area (Å²) in [5.41, 5.74) is 1.88. The Morgan fingerprint density at radius 2 is 1.61 bits per heavy atom. The topological polar surface area (TPSA) is 49.9 Å². The lowest BCUT2D eigenvalue weighted by molar-refractivity contribution is -0.135. The third-order valence-corrected chi connectivity index (χ3v) is 5.16. The van der Waals surface area contributed by atoms with Gasteiger partial charge in [-0.25, -0.2) is 0 Å². The summed E-state index contributed by atoms with van der Waals surface area (Å²) < 4.78 is 5.59. The summed E-state index contributed by atoms with van der Waals surface area (Å²) in [4.78, 5) is 28.2. The quantitative estimate of drug-likeness (QED) is 0.665. The second kappa shape index (κ2) is 9.71. The van der Waals surface area contributed by atoms with Gasteiger partial charge in [-0.3, -0.25) is 14.5 Å². The largest absolute Gasteiger partial charge is 0.484 e. The van der Waals surface area contributed by atoms with Crippen LogP contribution in [0.25, 0.3) is 0 Å². The lowest BCUT2D eigenvalue weighted by atomic mass is 10.1. The zero-order valence-electron chi connectivity index (χ0n) is 16.1. The Labute approximate surface area is 170 Å². The number of hydrogen-bond acceptors (Lipinski definition) is 4. The molecule has 0 aromatic heterocycles. The summed E-state index contributed by atoms with van der Waals surface area (Å²) in [6.07, 6.45) is 0.475. The molecule has 5 nitrogen and oxygen atoms in total. The predicted molar refractivity (Wildman–Crippen MR) is 110 cm³/mol. The van der Waals surface area contributed by atoms with Crippen molar-refractivity contribution in [3.05, 3.63) is 64.7 Å². The van der Waals surface area contributed by atoms with E-state index in [4.69, 9.17) is 16.3 Å². The Bertz CT molecular complexity index is 798. The minimum atomic E-state index is -0.0140. The van der Waals surface area contributed by atoms with Crippen LogP contribution in [0.3, 0.4) is 0 Å². The molecule has 1 fully saturated rings. The van der Waals surface area contributed by atoms with Crippen LogP contribution >= 0.6 is 11.6 Å². The standard InChI is InChI=1S/C22H25ClN2O3/c1-2-21(26)18-5-9-20(10-6-18)28-16-22(27)25-13-11-24(12-14-25)15-17-3-7-19(23)8-4-17/h3-10H,2,11-16H2,1H3. The van der Waals surface area contributed by atoms with Gasteiger partial charge in [0.15, 0.2) is 12.4 Å². The summed E-state index contributed by atoms with van der Waals surface area (Å²) >= 11 is 5.93. The predicted octanol–water partition coefficient (Wildman–Crippen LogP) is 3.66. The Morgan fingerprint density at radius 1 is 0.964 bits per heavy atom. The molecule has 148 valence electrons. The first kappa shape index (κ1) is 20.4. The molecule has 1 saturated heterocycles. The number of amides is 1. The number of carbonyl (C=O) groups excluding carboxylic acids is 2. The summed E-state index contributed by atoms with van der Waals surface area (Å²) in [7, 11) is 0. The van der Waals surface area contributed by atoms with Crippen molar-refractivity contribution in [1.82, 2.24) is 9.80 Å². The molecular formula is C22H25ClN2O3. The van der Waals surface area contributed by atoms with Gasteiger partial charge in [0.25, 0.3) is 5.91 Å². The minimum absolute atomic E-state index is 0.0122. The third-order valence-electron chi connectivity index (χ3n) is 4.90. The molecule has 1 heterocycles. The van der Waals surface area contributed by atoms with Crippen molar-refractivity contribution in [2.45, 2.75) is 19.9 Å². The van der Waals surface area contributed by atoms with E-state index in [9.17, 15) is 9.59 Å². The number of nitrogens with zero attached hydrogens (tertiary/aromatic N) is 2. The SMILES string of the molecule is CCC(=O)c1ccc(OCC(=O)N2CCN(Cc3ccc(Cl)cc3)CC2)cc1. The summed E-state index contributed by atoms with van der Waals surface area (Å²) in [6.45, 7) is 5.77. The number of halogens is 1. The Kier molecular flexibility index (Phi) is 7.06. The van der Waals surface area contributed by atoms with Crippen molar-refractivity contribution in [1.29, 1.82) is 0 Å². The van der Waals surface area contributed by atoms with Gasteiger partial charge >= 0.3 is 0 Å². The number of hydrogen-bond donors (Lipinski definition) is 0. The van der Waals surface area contributed by atoms with Crippen molar-refractivity contribution in [2.24, 2.45) is 0 Å². The van der Waals surface area contributed by atoms with E-state index >= 15 is 0 Å². The number of ketones is 1. The molecule has 0 spiro atoms. The molecular weight excluding hydrogens is 376 g/mol. The van der Waals surface area contributed by atoms with Crippen LogP contribution in [0.15, 0.2) is 48.5 Å². The van der Waals surface area contributed by atoms with E-state index in [1.54, 1.807) is 24.3 Å². The molecule has 1 aliphatic rings. The number of Topliss-reactive ketones (excluding diaryl/α,β-unsaturated/α-hetero) is 1. The first-order chi connectivity index (χ1) is 13.5. The molecule has 2 aromatic carbocycles. The number of piperazine rings is 1. The molecule has 6 heteroatoms. The molecule has 0 aliphatic carbocycles. The smallest absolute Gasteiger partial charge is 0.260 e. The third kappa shape index (κ3) is 5.57. The average Bonchev–Trinajstić information content (AvgIpc) is 2.74. The molecule has 0 N–H and O–H groups in total.